The fourth-order valence-corrected chi connectivity index (χ4v) is 3.05. The summed E-state index contributed by atoms with van der Waals surface area (Å²) in [7, 11) is 0. The average molecular weight is 366 g/mol. The maximum Gasteiger partial charge on any atom is 0.215 e. The first-order chi connectivity index (χ1) is 12.3. The zero-order chi connectivity index (χ0) is 17.1. The third-order valence-corrected chi connectivity index (χ3v) is 4.49. The molecule has 0 aliphatic heterocycles. The molecule has 0 aliphatic carbocycles. The summed E-state index contributed by atoms with van der Waals surface area (Å²) < 4.78 is 0. The lowest BCUT2D eigenvalue weighted by molar-refractivity contribution is 0.964. The third-order valence-electron chi connectivity index (χ3n) is 3.44. The molecule has 4 rings (SSSR count). The first kappa shape index (κ1) is 15.8. The Morgan fingerprint density at radius 1 is 0.840 bits per heavy atom. The van der Waals surface area contributed by atoms with Crippen molar-refractivity contribution in [1.29, 1.82) is 0 Å². The second-order valence-electron chi connectivity index (χ2n) is 5.16. The molecule has 122 valence electrons. The lowest BCUT2D eigenvalue weighted by Crippen LogP contribution is -1.90. The molecule has 0 amide bonds. The van der Waals surface area contributed by atoms with E-state index in [9.17, 15) is 0 Å². The number of aromatic amines is 1. The van der Waals surface area contributed by atoms with Gasteiger partial charge in [0.25, 0.3) is 0 Å². The molecule has 0 radical (unpaired) electrons. The zero-order valence-corrected chi connectivity index (χ0v) is 14.5. The quantitative estimate of drug-likeness (QED) is 0.529. The van der Waals surface area contributed by atoms with E-state index in [2.05, 4.69) is 25.1 Å². The number of rotatable bonds is 4. The van der Waals surface area contributed by atoms with Crippen LogP contribution in [0.15, 0.2) is 77.0 Å². The number of benzene rings is 2. The molecule has 0 aliphatic rings. The number of hydrogen-bond donors (Lipinski definition) is 1. The lowest BCUT2D eigenvalue weighted by atomic mass is 10.2. The van der Waals surface area contributed by atoms with Crippen LogP contribution in [0, 0.1) is 0 Å². The summed E-state index contributed by atoms with van der Waals surface area (Å²) in [4.78, 5) is 13.4. The van der Waals surface area contributed by atoms with Gasteiger partial charge < -0.3 is 0 Å². The summed E-state index contributed by atoms with van der Waals surface area (Å²) in [6.45, 7) is 0. The molecule has 0 fully saturated rings. The topological polar surface area (TPSA) is 67.3 Å². The van der Waals surface area contributed by atoms with Crippen LogP contribution in [-0.4, -0.2) is 25.1 Å². The van der Waals surface area contributed by atoms with Crippen LogP contribution in [0.1, 0.15) is 0 Å². The van der Waals surface area contributed by atoms with Crippen LogP contribution in [0.4, 0.5) is 0 Å². The van der Waals surface area contributed by atoms with Crippen molar-refractivity contribution in [1.82, 2.24) is 25.1 Å². The molecule has 2 aromatic heterocycles. The van der Waals surface area contributed by atoms with Gasteiger partial charge in [-0.15, -0.1) is 5.10 Å². The fourth-order valence-electron chi connectivity index (χ4n) is 2.25. The predicted molar refractivity (Wildman–Crippen MR) is 98.4 cm³/mol. The Bertz CT molecular complexity index is 986. The Labute approximate surface area is 153 Å². The SMILES string of the molecule is Clc1ccc(-c2nc(Sc3ccnc(-c4ccccc4)n3)n[nH]2)cc1. The van der Waals surface area contributed by atoms with Gasteiger partial charge in [-0.2, -0.15) is 0 Å². The van der Waals surface area contributed by atoms with E-state index in [4.69, 9.17) is 11.6 Å². The van der Waals surface area contributed by atoms with E-state index in [0.717, 1.165) is 16.2 Å². The molecule has 0 saturated carbocycles. The Kier molecular flexibility index (Phi) is 4.45. The minimum absolute atomic E-state index is 0.600. The predicted octanol–water partition coefficient (Wildman–Crippen LogP) is 4.73. The molecule has 2 heterocycles. The number of hydrogen-bond acceptors (Lipinski definition) is 5. The van der Waals surface area contributed by atoms with E-state index >= 15 is 0 Å². The molecule has 0 atom stereocenters. The van der Waals surface area contributed by atoms with Crippen LogP contribution in [-0.2, 0) is 0 Å². The van der Waals surface area contributed by atoms with E-state index in [1.807, 2.05) is 60.7 Å². The first-order valence-corrected chi connectivity index (χ1v) is 8.72. The van der Waals surface area contributed by atoms with Gasteiger partial charge in [-0.1, -0.05) is 41.9 Å². The van der Waals surface area contributed by atoms with Crippen molar-refractivity contribution in [2.24, 2.45) is 0 Å². The highest BCUT2D eigenvalue weighted by Crippen LogP contribution is 2.26. The molecule has 1 N–H and O–H groups in total. The van der Waals surface area contributed by atoms with Crippen molar-refractivity contribution >= 4 is 23.4 Å². The van der Waals surface area contributed by atoms with E-state index in [1.165, 1.54) is 11.8 Å². The number of H-pyrrole nitrogens is 1. The second-order valence-corrected chi connectivity index (χ2v) is 6.58. The molecular formula is C18H12ClN5S. The largest absolute Gasteiger partial charge is 0.258 e. The smallest absolute Gasteiger partial charge is 0.215 e. The van der Waals surface area contributed by atoms with Crippen molar-refractivity contribution in [2.45, 2.75) is 10.2 Å². The van der Waals surface area contributed by atoms with Gasteiger partial charge in [-0.3, -0.25) is 5.10 Å². The van der Waals surface area contributed by atoms with Crippen LogP contribution in [0.2, 0.25) is 5.02 Å². The molecule has 0 bridgehead atoms. The van der Waals surface area contributed by atoms with Crippen molar-refractivity contribution in [2.75, 3.05) is 0 Å². The highest BCUT2D eigenvalue weighted by atomic mass is 35.5. The van der Waals surface area contributed by atoms with Gasteiger partial charge in [-0.25, -0.2) is 15.0 Å². The monoisotopic (exact) mass is 365 g/mol. The Hall–Kier alpha value is -2.70. The number of nitrogens with zero attached hydrogens (tertiary/aromatic N) is 4. The van der Waals surface area contributed by atoms with Crippen molar-refractivity contribution in [3.63, 3.8) is 0 Å². The minimum Gasteiger partial charge on any atom is -0.258 e. The van der Waals surface area contributed by atoms with E-state index in [1.54, 1.807) is 6.20 Å². The molecule has 7 heteroatoms. The maximum absolute atomic E-state index is 5.91. The number of aromatic nitrogens is 5. The fraction of sp³-hybridized carbons (Fsp3) is 0. The Morgan fingerprint density at radius 2 is 1.64 bits per heavy atom. The van der Waals surface area contributed by atoms with Gasteiger partial charge in [0, 0.05) is 22.3 Å². The highest BCUT2D eigenvalue weighted by Gasteiger charge is 2.09. The molecule has 0 unspecified atom stereocenters. The van der Waals surface area contributed by atoms with Gasteiger partial charge in [-0.05, 0) is 42.1 Å². The van der Waals surface area contributed by atoms with Crippen molar-refractivity contribution < 1.29 is 0 Å². The minimum atomic E-state index is 0.600. The summed E-state index contributed by atoms with van der Waals surface area (Å²) in [5, 5.41) is 9.26. The maximum atomic E-state index is 5.91. The molecule has 25 heavy (non-hydrogen) atoms. The van der Waals surface area contributed by atoms with Gasteiger partial charge in [0.05, 0.1) is 0 Å². The van der Waals surface area contributed by atoms with Crippen molar-refractivity contribution in [3.8, 4) is 22.8 Å². The van der Waals surface area contributed by atoms with E-state index in [0.29, 0.717) is 21.8 Å². The highest BCUT2D eigenvalue weighted by molar-refractivity contribution is 7.99. The van der Waals surface area contributed by atoms with Crippen LogP contribution >= 0.6 is 23.4 Å². The molecule has 5 nitrogen and oxygen atoms in total. The van der Waals surface area contributed by atoms with E-state index in [-0.39, 0.29) is 0 Å². The lowest BCUT2D eigenvalue weighted by Gasteiger charge is -2.01. The molecule has 2 aromatic carbocycles. The summed E-state index contributed by atoms with van der Waals surface area (Å²) in [6.07, 6.45) is 1.74. The van der Waals surface area contributed by atoms with Crippen LogP contribution in [0.5, 0.6) is 0 Å². The molecular weight excluding hydrogens is 354 g/mol. The van der Waals surface area contributed by atoms with Crippen LogP contribution in [0.25, 0.3) is 22.8 Å². The average Bonchev–Trinajstić information content (AvgIpc) is 3.12. The van der Waals surface area contributed by atoms with E-state index < -0.39 is 0 Å². The van der Waals surface area contributed by atoms with Crippen LogP contribution < -0.4 is 0 Å². The summed E-state index contributed by atoms with van der Waals surface area (Å²) in [5.74, 6) is 1.37. The second kappa shape index (κ2) is 7.04. The first-order valence-electron chi connectivity index (χ1n) is 7.52. The summed E-state index contributed by atoms with van der Waals surface area (Å²) >= 11 is 7.30. The Balaban J connectivity index is 1.56. The van der Waals surface area contributed by atoms with Gasteiger partial charge in [0.15, 0.2) is 11.6 Å². The Morgan fingerprint density at radius 3 is 2.44 bits per heavy atom. The molecule has 0 saturated heterocycles. The number of halogens is 1. The standard InChI is InChI=1S/C18H12ClN5S/c19-14-8-6-13(7-9-14)17-22-18(24-23-17)25-15-10-11-20-16(21-15)12-4-2-1-3-5-12/h1-11H,(H,22,23,24). The van der Waals surface area contributed by atoms with Crippen LogP contribution in [0.3, 0.4) is 0 Å². The number of nitrogens with one attached hydrogen (secondary N) is 1. The third kappa shape index (κ3) is 3.70. The van der Waals surface area contributed by atoms with Gasteiger partial charge in [0.2, 0.25) is 5.16 Å². The molecule has 4 aromatic rings. The summed E-state index contributed by atoms with van der Waals surface area (Å²) in [5.41, 5.74) is 1.90. The van der Waals surface area contributed by atoms with Gasteiger partial charge in [0.1, 0.15) is 5.03 Å². The van der Waals surface area contributed by atoms with Crippen molar-refractivity contribution in [3.05, 3.63) is 71.9 Å². The zero-order valence-electron chi connectivity index (χ0n) is 12.9. The summed E-state index contributed by atoms with van der Waals surface area (Å²) in [6, 6.07) is 19.1. The van der Waals surface area contributed by atoms with Gasteiger partial charge >= 0.3 is 0 Å². The normalized spacial score (nSPS) is 10.8. The molecule has 0 spiro atoms.